The van der Waals surface area contributed by atoms with Crippen molar-refractivity contribution in [3.8, 4) is 17.3 Å². The van der Waals surface area contributed by atoms with Crippen LogP contribution in [0.1, 0.15) is 0 Å². The molecule has 4 nitrogen and oxygen atoms in total. The largest absolute Gasteiger partial charge is 0.492 e. The first-order chi connectivity index (χ1) is 8.00. The lowest BCUT2D eigenvalue weighted by atomic mass is 10.2. The van der Waals surface area contributed by atoms with Crippen LogP contribution < -0.4 is 5.56 Å². The molecule has 2 aromatic rings. The number of benzene rings is 1. The number of hydrogen-bond donors (Lipinski definition) is 2. The van der Waals surface area contributed by atoms with Crippen molar-refractivity contribution >= 4 is 27.5 Å². The van der Waals surface area contributed by atoms with Gasteiger partial charge in [-0.05, 0) is 28.1 Å². The topological polar surface area (TPSA) is 66.0 Å². The van der Waals surface area contributed by atoms with E-state index in [1.165, 1.54) is 18.2 Å². The van der Waals surface area contributed by atoms with Gasteiger partial charge in [0.1, 0.15) is 10.3 Å². The highest BCUT2D eigenvalue weighted by atomic mass is 79.9. The number of H-pyrrole nitrogens is 1. The SMILES string of the molecule is O=c1[nH]c(-c2cccc(Cl)c2F)nc(O)c1Br. The molecule has 1 aromatic heterocycles. The molecule has 0 amide bonds. The zero-order chi connectivity index (χ0) is 12.6. The third-order valence-electron chi connectivity index (χ3n) is 2.05. The van der Waals surface area contributed by atoms with Gasteiger partial charge in [-0.15, -0.1) is 0 Å². The van der Waals surface area contributed by atoms with Crippen LogP contribution in [0, 0.1) is 5.82 Å². The predicted molar refractivity (Wildman–Crippen MR) is 64.6 cm³/mol. The standard InChI is InChI=1S/C10H5BrClFN2O2/c11-6-9(16)14-8(15-10(6)17)4-2-1-3-5(12)7(4)13/h1-3H,(H2,14,15,16,17). The molecule has 88 valence electrons. The van der Waals surface area contributed by atoms with E-state index in [0.717, 1.165) is 0 Å². The van der Waals surface area contributed by atoms with Crippen LogP contribution in [0.2, 0.25) is 5.02 Å². The van der Waals surface area contributed by atoms with Crippen LogP contribution in [-0.2, 0) is 0 Å². The summed E-state index contributed by atoms with van der Waals surface area (Å²) >= 11 is 8.45. The van der Waals surface area contributed by atoms with E-state index in [0.29, 0.717) is 0 Å². The number of hydrogen-bond acceptors (Lipinski definition) is 3. The summed E-state index contributed by atoms with van der Waals surface area (Å²) in [6.07, 6.45) is 0. The molecule has 1 aromatic carbocycles. The molecule has 0 unspecified atom stereocenters. The summed E-state index contributed by atoms with van der Waals surface area (Å²) in [5.74, 6) is -1.31. The molecule has 0 aliphatic carbocycles. The van der Waals surface area contributed by atoms with Crippen LogP contribution in [0.15, 0.2) is 27.5 Å². The number of rotatable bonds is 1. The average Bonchev–Trinajstić information content (AvgIpc) is 2.29. The van der Waals surface area contributed by atoms with E-state index in [1.54, 1.807) is 0 Å². The Morgan fingerprint density at radius 2 is 2.18 bits per heavy atom. The molecule has 0 bridgehead atoms. The molecule has 0 aliphatic heterocycles. The number of nitrogens with zero attached hydrogens (tertiary/aromatic N) is 1. The Morgan fingerprint density at radius 3 is 2.82 bits per heavy atom. The van der Waals surface area contributed by atoms with Crippen molar-refractivity contribution in [2.75, 3.05) is 0 Å². The minimum Gasteiger partial charge on any atom is -0.492 e. The zero-order valence-corrected chi connectivity index (χ0v) is 10.5. The van der Waals surface area contributed by atoms with E-state index >= 15 is 0 Å². The van der Waals surface area contributed by atoms with Crippen LogP contribution in [0.4, 0.5) is 4.39 Å². The van der Waals surface area contributed by atoms with Gasteiger partial charge in [0.05, 0.1) is 10.6 Å². The second-order valence-electron chi connectivity index (χ2n) is 3.15. The summed E-state index contributed by atoms with van der Waals surface area (Å²) in [6, 6.07) is 4.28. The highest BCUT2D eigenvalue weighted by Crippen LogP contribution is 2.26. The fourth-order valence-corrected chi connectivity index (χ4v) is 1.62. The molecule has 0 atom stereocenters. The molecule has 0 saturated heterocycles. The normalized spacial score (nSPS) is 10.5. The van der Waals surface area contributed by atoms with Crippen molar-refractivity contribution in [3.63, 3.8) is 0 Å². The third kappa shape index (κ3) is 2.18. The van der Waals surface area contributed by atoms with Crippen molar-refractivity contribution in [1.29, 1.82) is 0 Å². The van der Waals surface area contributed by atoms with Crippen LogP contribution >= 0.6 is 27.5 Å². The van der Waals surface area contributed by atoms with Crippen molar-refractivity contribution in [2.45, 2.75) is 0 Å². The Balaban J connectivity index is 2.70. The molecule has 0 radical (unpaired) electrons. The van der Waals surface area contributed by atoms with Gasteiger partial charge in [-0.1, -0.05) is 17.7 Å². The zero-order valence-electron chi connectivity index (χ0n) is 8.17. The lowest BCUT2D eigenvalue weighted by Crippen LogP contribution is -2.10. The summed E-state index contributed by atoms with van der Waals surface area (Å²) in [4.78, 5) is 17.4. The lowest BCUT2D eigenvalue weighted by Gasteiger charge is -2.04. The van der Waals surface area contributed by atoms with Gasteiger partial charge in [-0.2, -0.15) is 4.98 Å². The molecule has 0 aliphatic rings. The first-order valence-corrected chi connectivity index (χ1v) is 5.61. The summed E-state index contributed by atoms with van der Waals surface area (Å²) in [6.45, 7) is 0. The number of nitrogens with one attached hydrogen (secondary N) is 1. The minimum absolute atomic E-state index is 0.0115. The second kappa shape index (κ2) is 4.46. The maximum absolute atomic E-state index is 13.7. The quantitative estimate of drug-likeness (QED) is 0.849. The Labute approximate surface area is 108 Å². The van der Waals surface area contributed by atoms with Crippen molar-refractivity contribution in [2.24, 2.45) is 0 Å². The van der Waals surface area contributed by atoms with E-state index in [2.05, 4.69) is 25.9 Å². The monoisotopic (exact) mass is 318 g/mol. The van der Waals surface area contributed by atoms with Gasteiger partial charge >= 0.3 is 0 Å². The summed E-state index contributed by atoms with van der Waals surface area (Å²) in [5, 5.41) is 9.28. The fourth-order valence-electron chi connectivity index (χ4n) is 1.26. The van der Waals surface area contributed by atoms with Gasteiger partial charge in [0.15, 0.2) is 5.82 Å². The molecule has 17 heavy (non-hydrogen) atoms. The van der Waals surface area contributed by atoms with Gasteiger partial charge in [0.25, 0.3) is 5.56 Å². The van der Waals surface area contributed by atoms with Gasteiger partial charge < -0.3 is 10.1 Å². The highest BCUT2D eigenvalue weighted by molar-refractivity contribution is 9.10. The molecular weight excluding hydrogens is 314 g/mol. The lowest BCUT2D eigenvalue weighted by molar-refractivity contribution is 0.447. The van der Waals surface area contributed by atoms with E-state index in [1.807, 2.05) is 0 Å². The van der Waals surface area contributed by atoms with E-state index in [4.69, 9.17) is 11.6 Å². The Kier molecular flexibility index (Phi) is 3.17. The molecular formula is C10H5BrClFN2O2. The van der Waals surface area contributed by atoms with Crippen molar-refractivity contribution in [3.05, 3.63) is 43.9 Å². The highest BCUT2D eigenvalue weighted by Gasteiger charge is 2.14. The van der Waals surface area contributed by atoms with Crippen LogP contribution in [0.5, 0.6) is 5.88 Å². The molecule has 1 heterocycles. The molecule has 7 heteroatoms. The number of aromatic amines is 1. The molecule has 0 fully saturated rings. The third-order valence-corrected chi connectivity index (χ3v) is 3.06. The summed E-state index contributed by atoms with van der Waals surface area (Å²) < 4.78 is 13.6. The molecule has 2 N–H and O–H groups in total. The van der Waals surface area contributed by atoms with Gasteiger partial charge in [-0.25, -0.2) is 4.39 Å². The van der Waals surface area contributed by atoms with Crippen LogP contribution in [0.25, 0.3) is 11.4 Å². The van der Waals surface area contributed by atoms with Crippen LogP contribution in [0.3, 0.4) is 0 Å². The van der Waals surface area contributed by atoms with E-state index < -0.39 is 17.3 Å². The van der Waals surface area contributed by atoms with Crippen molar-refractivity contribution < 1.29 is 9.50 Å². The summed E-state index contributed by atoms with van der Waals surface area (Å²) in [5.41, 5.74) is -0.593. The van der Waals surface area contributed by atoms with Gasteiger partial charge in [-0.3, -0.25) is 4.79 Å². The first-order valence-electron chi connectivity index (χ1n) is 4.44. The molecule has 0 saturated carbocycles. The Bertz CT molecular complexity index is 645. The average molecular weight is 320 g/mol. The number of aromatic nitrogens is 2. The van der Waals surface area contributed by atoms with Crippen LogP contribution in [-0.4, -0.2) is 15.1 Å². The predicted octanol–water partition coefficient (Wildman–Crippen LogP) is 2.70. The molecule has 0 spiro atoms. The van der Waals surface area contributed by atoms with Gasteiger partial charge in [0, 0.05) is 0 Å². The van der Waals surface area contributed by atoms with E-state index in [-0.39, 0.29) is 20.9 Å². The Morgan fingerprint density at radius 1 is 1.47 bits per heavy atom. The first kappa shape index (κ1) is 12.1. The molecule has 2 rings (SSSR count). The number of halogens is 3. The summed E-state index contributed by atoms with van der Waals surface area (Å²) in [7, 11) is 0. The van der Waals surface area contributed by atoms with Gasteiger partial charge in [0.2, 0.25) is 5.88 Å². The maximum atomic E-state index is 13.7. The van der Waals surface area contributed by atoms with Crippen molar-refractivity contribution in [1.82, 2.24) is 9.97 Å². The van der Waals surface area contributed by atoms with E-state index in [9.17, 15) is 14.3 Å². The minimum atomic E-state index is -0.709. The Hall–Kier alpha value is -1.40. The second-order valence-corrected chi connectivity index (χ2v) is 4.35. The fraction of sp³-hybridized carbons (Fsp3) is 0. The maximum Gasteiger partial charge on any atom is 0.269 e. The smallest absolute Gasteiger partial charge is 0.269 e. The number of aromatic hydroxyl groups is 1.